The zero-order valence-electron chi connectivity index (χ0n) is 16.4. The number of hydrogen-bond donors (Lipinski definition) is 1. The third-order valence-corrected chi connectivity index (χ3v) is 5.20. The van der Waals surface area contributed by atoms with Gasteiger partial charge in [-0.2, -0.15) is 0 Å². The van der Waals surface area contributed by atoms with E-state index in [1.807, 2.05) is 4.90 Å². The number of morpholine rings is 1. The van der Waals surface area contributed by atoms with E-state index in [2.05, 4.69) is 4.98 Å². The van der Waals surface area contributed by atoms with Gasteiger partial charge in [0.25, 0.3) is 0 Å². The van der Waals surface area contributed by atoms with Crippen LogP contribution in [-0.2, 0) is 9.53 Å². The summed E-state index contributed by atoms with van der Waals surface area (Å²) >= 11 is 0. The van der Waals surface area contributed by atoms with E-state index in [0.29, 0.717) is 28.6 Å². The molecule has 1 aliphatic carbocycles. The summed E-state index contributed by atoms with van der Waals surface area (Å²) < 4.78 is 18.2. The van der Waals surface area contributed by atoms with E-state index in [-0.39, 0.29) is 5.82 Å². The molecule has 4 rings (SSSR count). The molecule has 1 saturated heterocycles. The smallest absolute Gasteiger partial charge is 0.250 e. The molecule has 0 spiro atoms. The minimum atomic E-state index is -0.529. The molecule has 6 nitrogen and oxygen atoms in total. The summed E-state index contributed by atoms with van der Waals surface area (Å²) in [4.78, 5) is 28.7. The van der Waals surface area contributed by atoms with Crippen LogP contribution in [0.3, 0.4) is 0 Å². The van der Waals surface area contributed by atoms with Crippen LogP contribution in [0.1, 0.15) is 36.0 Å². The van der Waals surface area contributed by atoms with Gasteiger partial charge in [-0.25, -0.2) is 4.39 Å². The van der Waals surface area contributed by atoms with Crippen molar-refractivity contribution >= 4 is 11.8 Å². The van der Waals surface area contributed by atoms with Crippen molar-refractivity contribution in [2.75, 3.05) is 26.3 Å². The first-order valence-electron chi connectivity index (χ1n) is 9.93. The van der Waals surface area contributed by atoms with Crippen molar-refractivity contribution in [2.45, 2.75) is 25.7 Å². The van der Waals surface area contributed by atoms with Gasteiger partial charge in [-0.05, 0) is 37.1 Å². The van der Waals surface area contributed by atoms with Crippen LogP contribution in [0.4, 0.5) is 4.39 Å². The molecule has 2 fully saturated rings. The summed E-state index contributed by atoms with van der Waals surface area (Å²) in [7, 11) is 0. The van der Waals surface area contributed by atoms with Crippen LogP contribution in [-0.4, -0.2) is 48.0 Å². The molecule has 1 aliphatic heterocycles. The topological polar surface area (TPSA) is 85.5 Å². The summed E-state index contributed by atoms with van der Waals surface area (Å²) in [5.74, 6) is -0.143. The van der Waals surface area contributed by atoms with Crippen LogP contribution in [0.25, 0.3) is 11.3 Å². The molecule has 29 heavy (non-hydrogen) atoms. The highest BCUT2D eigenvalue weighted by atomic mass is 19.1. The Kier molecular flexibility index (Phi) is 7.30. The van der Waals surface area contributed by atoms with Crippen LogP contribution in [0.2, 0.25) is 0 Å². The SMILES string of the molecule is NC(=O)c1ccc(-c2cccc(F)c2)nc1.O=C(C1CCCC1)N1CCOCC1. The first-order valence-corrected chi connectivity index (χ1v) is 9.93. The molecule has 0 atom stereocenters. The van der Waals surface area contributed by atoms with E-state index in [4.69, 9.17) is 10.5 Å². The summed E-state index contributed by atoms with van der Waals surface area (Å²) in [5.41, 5.74) is 6.69. The van der Waals surface area contributed by atoms with Crippen molar-refractivity contribution in [1.82, 2.24) is 9.88 Å². The van der Waals surface area contributed by atoms with Gasteiger partial charge in [-0.15, -0.1) is 0 Å². The predicted octanol–water partition coefficient (Wildman–Crippen LogP) is 3.02. The van der Waals surface area contributed by atoms with E-state index in [1.165, 1.54) is 31.2 Å². The number of nitrogens with two attached hydrogens (primary N) is 1. The molecule has 2 amide bonds. The van der Waals surface area contributed by atoms with E-state index in [0.717, 1.165) is 39.1 Å². The number of nitrogens with zero attached hydrogens (tertiary/aromatic N) is 2. The van der Waals surface area contributed by atoms with Gasteiger partial charge in [-0.1, -0.05) is 25.0 Å². The first kappa shape index (κ1) is 20.9. The molecular weight excluding hydrogens is 373 g/mol. The monoisotopic (exact) mass is 399 g/mol. The fourth-order valence-electron chi connectivity index (χ4n) is 3.57. The van der Waals surface area contributed by atoms with Crippen molar-refractivity contribution in [1.29, 1.82) is 0 Å². The standard InChI is InChI=1S/C12H9FN2O.C10H17NO2/c13-10-3-1-2-8(6-10)11-5-4-9(7-15-11)12(14)16;12-10(9-3-1-2-4-9)11-5-7-13-8-6-11/h1-7H,(H2,14,16);9H,1-8H2. The summed E-state index contributed by atoms with van der Waals surface area (Å²) in [6.45, 7) is 3.04. The average Bonchev–Trinajstić information content (AvgIpc) is 3.29. The molecule has 154 valence electrons. The van der Waals surface area contributed by atoms with Crippen LogP contribution in [0.5, 0.6) is 0 Å². The van der Waals surface area contributed by atoms with Crippen molar-refractivity contribution in [3.05, 3.63) is 54.0 Å². The number of amides is 2. The van der Waals surface area contributed by atoms with Crippen LogP contribution in [0.15, 0.2) is 42.6 Å². The van der Waals surface area contributed by atoms with E-state index < -0.39 is 5.91 Å². The Hall–Kier alpha value is -2.80. The molecule has 1 aromatic heterocycles. The van der Waals surface area contributed by atoms with Gasteiger partial charge < -0.3 is 15.4 Å². The summed E-state index contributed by atoms with van der Waals surface area (Å²) in [6.07, 6.45) is 6.07. The van der Waals surface area contributed by atoms with Crippen LogP contribution >= 0.6 is 0 Å². The van der Waals surface area contributed by atoms with Crippen LogP contribution in [0, 0.1) is 11.7 Å². The first-order chi connectivity index (χ1) is 14.0. The van der Waals surface area contributed by atoms with Gasteiger partial charge in [0, 0.05) is 30.8 Å². The zero-order valence-corrected chi connectivity index (χ0v) is 16.4. The highest BCUT2D eigenvalue weighted by Crippen LogP contribution is 2.26. The van der Waals surface area contributed by atoms with E-state index >= 15 is 0 Å². The molecule has 1 saturated carbocycles. The number of rotatable bonds is 3. The third-order valence-electron chi connectivity index (χ3n) is 5.20. The second-order valence-electron chi connectivity index (χ2n) is 7.23. The highest BCUT2D eigenvalue weighted by molar-refractivity contribution is 5.92. The fraction of sp³-hybridized carbons (Fsp3) is 0.409. The number of aromatic nitrogens is 1. The molecule has 0 radical (unpaired) electrons. The van der Waals surface area contributed by atoms with E-state index in [1.54, 1.807) is 24.3 Å². The molecule has 1 aromatic carbocycles. The number of carbonyl (C=O) groups excluding carboxylic acids is 2. The normalized spacial score (nSPS) is 16.8. The minimum absolute atomic E-state index is 0.321. The lowest BCUT2D eigenvalue weighted by molar-refractivity contribution is -0.139. The van der Waals surface area contributed by atoms with E-state index in [9.17, 15) is 14.0 Å². The maximum absolute atomic E-state index is 13.0. The maximum atomic E-state index is 13.0. The highest BCUT2D eigenvalue weighted by Gasteiger charge is 2.27. The van der Waals surface area contributed by atoms with Crippen molar-refractivity contribution in [3.8, 4) is 11.3 Å². The number of primary amides is 1. The molecule has 7 heteroatoms. The minimum Gasteiger partial charge on any atom is -0.378 e. The average molecular weight is 399 g/mol. The molecule has 2 heterocycles. The number of halogens is 1. The second-order valence-corrected chi connectivity index (χ2v) is 7.23. The third kappa shape index (κ3) is 5.84. The van der Waals surface area contributed by atoms with Gasteiger partial charge >= 0.3 is 0 Å². The number of carbonyl (C=O) groups is 2. The molecule has 2 N–H and O–H groups in total. The summed E-state index contributed by atoms with van der Waals surface area (Å²) in [6, 6.07) is 9.29. The molecule has 2 aliphatic rings. The lowest BCUT2D eigenvalue weighted by Crippen LogP contribution is -2.43. The van der Waals surface area contributed by atoms with Gasteiger partial charge in [0.05, 0.1) is 24.5 Å². The van der Waals surface area contributed by atoms with Gasteiger partial charge in [-0.3, -0.25) is 14.6 Å². The Balaban J connectivity index is 0.000000169. The zero-order chi connectivity index (χ0) is 20.6. The largest absolute Gasteiger partial charge is 0.378 e. The lowest BCUT2D eigenvalue weighted by atomic mass is 10.1. The molecular formula is C22H26FN3O3. The van der Waals surface area contributed by atoms with Crippen molar-refractivity contribution in [2.24, 2.45) is 11.7 Å². The van der Waals surface area contributed by atoms with Gasteiger partial charge in [0.15, 0.2) is 0 Å². The maximum Gasteiger partial charge on any atom is 0.250 e. The number of pyridine rings is 1. The number of ether oxygens (including phenoxy) is 1. The Morgan fingerprint density at radius 3 is 2.41 bits per heavy atom. The Labute approximate surface area is 169 Å². The van der Waals surface area contributed by atoms with Gasteiger partial charge in [0.1, 0.15) is 5.82 Å². The van der Waals surface area contributed by atoms with Crippen molar-refractivity contribution < 1.29 is 18.7 Å². The Morgan fingerprint density at radius 1 is 1.10 bits per heavy atom. The molecule has 2 aromatic rings. The van der Waals surface area contributed by atoms with Crippen molar-refractivity contribution in [3.63, 3.8) is 0 Å². The predicted molar refractivity (Wildman–Crippen MR) is 108 cm³/mol. The lowest BCUT2D eigenvalue weighted by Gasteiger charge is -2.29. The quantitative estimate of drug-likeness (QED) is 0.860. The molecule has 0 bridgehead atoms. The summed E-state index contributed by atoms with van der Waals surface area (Å²) in [5, 5.41) is 0. The fourth-order valence-corrected chi connectivity index (χ4v) is 3.57. The number of hydrogen-bond acceptors (Lipinski definition) is 4. The molecule has 0 unspecified atom stereocenters. The second kappa shape index (κ2) is 10.1. The Morgan fingerprint density at radius 2 is 1.83 bits per heavy atom. The Bertz CT molecular complexity index is 829. The van der Waals surface area contributed by atoms with Crippen LogP contribution < -0.4 is 5.73 Å². The number of benzene rings is 1. The van der Waals surface area contributed by atoms with Gasteiger partial charge in [0.2, 0.25) is 11.8 Å².